The van der Waals surface area contributed by atoms with Crippen molar-refractivity contribution in [3.63, 3.8) is 0 Å². The Hall–Kier alpha value is -0.170. The van der Waals surface area contributed by atoms with Crippen molar-refractivity contribution in [3.05, 3.63) is 0 Å². The highest BCUT2D eigenvalue weighted by Crippen LogP contribution is 1.95. The SMILES string of the molecule is CCCCCOS(=O)(=O)NN. The van der Waals surface area contributed by atoms with Gasteiger partial charge in [-0.1, -0.05) is 19.8 Å². The monoisotopic (exact) mass is 182 g/mol. The molecule has 0 heterocycles. The number of hydrogen-bond acceptors (Lipinski definition) is 4. The molecule has 0 aromatic carbocycles. The van der Waals surface area contributed by atoms with Gasteiger partial charge in [-0.2, -0.15) is 8.42 Å². The van der Waals surface area contributed by atoms with E-state index in [1.165, 1.54) is 0 Å². The van der Waals surface area contributed by atoms with Crippen molar-refractivity contribution in [2.24, 2.45) is 5.84 Å². The fourth-order valence-electron chi connectivity index (χ4n) is 0.555. The van der Waals surface area contributed by atoms with Crippen LogP contribution in [0.2, 0.25) is 0 Å². The third kappa shape index (κ3) is 6.24. The minimum atomic E-state index is -3.67. The quantitative estimate of drug-likeness (QED) is 0.341. The molecule has 68 valence electrons. The number of hydrazine groups is 1. The zero-order valence-corrected chi connectivity index (χ0v) is 7.36. The van der Waals surface area contributed by atoms with Crippen LogP contribution in [0, 0.1) is 0 Å². The van der Waals surface area contributed by atoms with Crippen LogP contribution in [-0.4, -0.2) is 15.0 Å². The summed E-state index contributed by atoms with van der Waals surface area (Å²) < 4.78 is 25.4. The third-order valence-corrected chi connectivity index (χ3v) is 1.90. The summed E-state index contributed by atoms with van der Waals surface area (Å²) in [5.74, 6) is 4.66. The van der Waals surface area contributed by atoms with Gasteiger partial charge < -0.3 is 0 Å². The molecule has 0 atom stereocenters. The molecule has 0 radical (unpaired) electrons. The molecule has 11 heavy (non-hydrogen) atoms. The standard InChI is InChI=1S/C5H14N2O3S/c1-2-3-4-5-10-11(8,9)7-6/h7H,2-6H2,1H3. The van der Waals surface area contributed by atoms with E-state index < -0.39 is 10.3 Å². The number of hydrogen-bond donors (Lipinski definition) is 2. The third-order valence-electron chi connectivity index (χ3n) is 1.13. The highest BCUT2D eigenvalue weighted by atomic mass is 32.2. The van der Waals surface area contributed by atoms with Crippen molar-refractivity contribution in [3.8, 4) is 0 Å². The molecular formula is C5H14N2O3S. The average Bonchev–Trinajstić information content (AvgIpc) is 1.99. The first-order valence-corrected chi connectivity index (χ1v) is 4.90. The minimum absolute atomic E-state index is 0.195. The molecule has 0 bridgehead atoms. The van der Waals surface area contributed by atoms with Crippen LogP contribution < -0.4 is 10.7 Å². The Balaban J connectivity index is 3.39. The van der Waals surface area contributed by atoms with Crippen LogP contribution in [0.4, 0.5) is 0 Å². The molecule has 0 spiro atoms. The lowest BCUT2D eigenvalue weighted by Crippen LogP contribution is -2.32. The van der Waals surface area contributed by atoms with E-state index in [4.69, 9.17) is 0 Å². The normalized spacial score (nSPS) is 11.8. The van der Waals surface area contributed by atoms with Crippen LogP contribution in [0.3, 0.4) is 0 Å². The second-order valence-electron chi connectivity index (χ2n) is 2.10. The second kappa shape index (κ2) is 5.48. The van der Waals surface area contributed by atoms with Gasteiger partial charge in [0.15, 0.2) is 0 Å². The lowest BCUT2D eigenvalue weighted by molar-refractivity contribution is 0.302. The topological polar surface area (TPSA) is 81.4 Å². The second-order valence-corrected chi connectivity index (χ2v) is 3.48. The Morgan fingerprint density at radius 3 is 2.55 bits per heavy atom. The summed E-state index contributed by atoms with van der Waals surface area (Å²) in [6.07, 6.45) is 2.72. The van der Waals surface area contributed by atoms with Crippen LogP contribution in [0.25, 0.3) is 0 Å². The molecular weight excluding hydrogens is 168 g/mol. The van der Waals surface area contributed by atoms with Gasteiger partial charge in [-0.05, 0) is 6.42 Å². The zero-order valence-electron chi connectivity index (χ0n) is 6.54. The maximum Gasteiger partial charge on any atom is 0.348 e. The highest BCUT2D eigenvalue weighted by Gasteiger charge is 2.05. The molecule has 0 rings (SSSR count). The molecule has 0 aromatic rings. The fourth-order valence-corrected chi connectivity index (χ4v) is 0.960. The zero-order chi connectivity index (χ0) is 8.74. The molecule has 5 nitrogen and oxygen atoms in total. The summed E-state index contributed by atoms with van der Waals surface area (Å²) >= 11 is 0. The largest absolute Gasteiger partial charge is 0.348 e. The van der Waals surface area contributed by atoms with Crippen molar-refractivity contribution in [1.29, 1.82) is 0 Å². The summed E-state index contributed by atoms with van der Waals surface area (Å²) in [5.41, 5.74) is 0. The van der Waals surface area contributed by atoms with E-state index in [0.717, 1.165) is 19.3 Å². The molecule has 6 heteroatoms. The van der Waals surface area contributed by atoms with E-state index in [1.54, 1.807) is 4.83 Å². The van der Waals surface area contributed by atoms with Gasteiger partial charge in [-0.3, -0.25) is 10.0 Å². The summed E-state index contributed by atoms with van der Waals surface area (Å²) in [6, 6.07) is 0. The van der Waals surface area contributed by atoms with E-state index in [2.05, 4.69) is 10.0 Å². The predicted octanol–water partition coefficient (Wildman–Crippen LogP) is -0.0987. The van der Waals surface area contributed by atoms with Crippen LogP contribution in [0.1, 0.15) is 26.2 Å². The Labute approximate surface area is 67.1 Å². The van der Waals surface area contributed by atoms with Gasteiger partial charge in [0.1, 0.15) is 0 Å². The molecule has 0 amide bonds. The van der Waals surface area contributed by atoms with Gasteiger partial charge in [0, 0.05) is 0 Å². The summed E-state index contributed by atoms with van der Waals surface area (Å²) in [7, 11) is -3.67. The first kappa shape index (κ1) is 10.8. The minimum Gasteiger partial charge on any atom is -0.257 e. The van der Waals surface area contributed by atoms with Crippen molar-refractivity contribution in [1.82, 2.24) is 4.83 Å². The lowest BCUT2D eigenvalue weighted by Gasteiger charge is -2.01. The summed E-state index contributed by atoms with van der Waals surface area (Å²) in [4.78, 5) is 1.57. The van der Waals surface area contributed by atoms with Gasteiger partial charge >= 0.3 is 10.3 Å². The van der Waals surface area contributed by atoms with Crippen LogP contribution >= 0.6 is 0 Å². The Bertz CT molecular complexity index is 178. The Kier molecular flexibility index (Phi) is 5.39. The Morgan fingerprint density at radius 2 is 2.09 bits per heavy atom. The van der Waals surface area contributed by atoms with Crippen LogP contribution in [0.15, 0.2) is 0 Å². The first-order chi connectivity index (χ1) is 5.12. The lowest BCUT2D eigenvalue weighted by atomic mass is 10.3. The summed E-state index contributed by atoms with van der Waals surface area (Å²) in [6.45, 7) is 2.22. The molecule has 0 unspecified atom stereocenters. The molecule has 3 N–H and O–H groups in total. The number of rotatable bonds is 6. The maximum absolute atomic E-state index is 10.5. The Morgan fingerprint density at radius 1 is 1.45 bits per heavy atom. The average molecular weight is 182 g/mol. The van der Waals surface area contributed by atoms with Gasteiger partial charge in [0.2, 0.25) is 0 Å². The number of nitrogens with one attached hydrogen (secondary N) is 1. The maximum atomic E-state index is 10.5. The van der Waals surface area contributed by atoms with Crippen molar-refractivity contribution in [2.45, 2.75) is 26.2 Å². The summed E-state index contributed by atoms with van der Waals surface area (Å²) in [5, 5.41) is 0. The molecule has 0 saturated heterocycles. The molecule has 0 saturated carbocycles. The fraction of sp³-hybridized carbons (Fsp3) is 1.00. The van der Waals surface area contributed by atoms with E-state index >= 15 is 0 Å². The van der Waals surface area contributed by atoms with Gasteiger partial charge in [-0.15, -0.1) is 4.83 Å². The molecule has 0 aliphatic heterocycles. The van der Waals surface area contributed by atoms with Gasteiger partial charge in [-0.25, -0.2) is 0 Å². The van der Waals surface area contributed by atoms with Gasteiger partial charge in [0.25, 0.3) is 0 Å². The predicted molar refractivity (Wildman–Crippen MR) is 41.7 cm³/mol. The molecule has 0 aromatic heterocycles. The van der Waals surface area contributed by atoms with Crippen LogP contribution in [0.5, 0.6) is 0 Å². The van der Waals surface area contributed by atoms with Crippen molar-refractivity contribution in [2.75, 3.05) is 6.61 Å². The van der Waals surface area contributed by atoms with Crippen LogP contribution in [-0.2, 0) is 14.5 Å². The van der Waals surface area contributed by atoms with E-state index in [9.17, 15) is 8.42 Å². The van der Waals surface area contributed by atoms with Crippen molar-refractivity contribution >= 4 is 10.3 Å². The first-order valence-electron chi connectivity index (χ1n) is 3.49. The number of nitrogens with two attached hydrogens (primary N) is 1. The number of unbranched alkanes of at least 4 members (excludes halogenated alkanes) is 2. The highest BCUT2D eigenvalue weighted by molar-refractivity contribution is 7.84. The van der Waals surface area contributed by atoms with E-state index in [-0.39, 0.29) is 6.61 Å². The molecule has 0 aliphatic carbocycles. The van der Waals surface area contributed by atoms with Crippen molar-refractivity contribution < 1.29 is 12.6 Å². The van der Waals surface area contributed by atoms with E-state index in [1.807, 2.05) is 6.92 Å². The smallest absolute Gasteiger partial charge is 0.257 e. The van der Waals surface area contributed by atoms with Gasteiger partial charge in [0.05, 0.1) is 6.61 Å². The molecule has 0 aliphatic rings. The van der Waals surface area contributed by atoms with E-state index in [0.29, 0.717) is 0 Å². The molecule has 0 fully saturated rings.